The van der Waals surface area contributed by atoms with E-state index in [1.54, 1.807) is 18.8 Å². The highest BCUT2D eigenvalue weighted by molar-refractivity contribution is 8.14. The standard InChI is InChI=1S/C18H20N2OS/c1-19-17-20(2)18(21,13-22-17)16(14-9-5-3-6-10-14)15-11-7-4-8-12-15/h3-12,16,21H,13H2,1-2H3/b19-17+. The lowest BCUT2D eigenvalue weighted by Gasteiger charge is -2.38. The van der Waals surface area contributed by atoms with Gasteiger partial charge in [0.05, 0.1) is 5.92 Å². The zero-order valence-electron chi connectivity index (χ0n) is 12.8. The first-order chi connectivity index (χ1) is 10.7. The first kappa shape index (κ1) is 15.1. The third-order valence-electron chi connectivity index (χ3n) is 4.20. The van der Waals surface area contributed by atoms with Gasteiger partial charge in [0.2, 0.25) is 0 Å². The van der Waals surface area contributed by atoms with Crippen molar-refractivity contribution in [3.05, 3.63) is 71.8 Å². The fourth-order valence-electron chi connectivity index (χ4n) is 3.04. The van der Waals surface area contributed by atoms with E-state index in [-0.39, 0.29) is 5.92 Å². The Labute approximate surface area is 135 Å². The van der Waals surface area contributed by atoms with E-state index in [2.05, 4.69) is 29.3 Å². The fraction of sp³-hybridized carbons (Fsp3) is 0.278. The number of likely N-dealkylation sites (N-methyl/N-ethyl adjacent to an activating group) is 1. The minimum Gasteiger partial charge on any atom is -0.369 e. The van der Waals surface area contributed by atoms with Crippen LogP contribution in [0.1, 0.15) is 17.0 Å². The zero-order valence-corrected chi connectivity index (χ0v) is 13.6. The molecular weight excluding hydrogens is 292 g/mol. The van der Waals surface area contributed by atoms with Crippen LogP contribution in [-0.2, 0) is 0 Å². The molecule has 0 spiro atoms. The predicted octanol–water partition coefficient (Wildman–Crippen LogP) is 3.17. The van der Waals surface area contributed by atoms with Gasteiger partial charge in [0, 0.05) is 19.8 Å². The Morgan fingerprint density at radius 1 is 1.05 bits per heavy atom. The molecule has 0 aromatic heterocycles. The van der Waals surface area contributed by atoms with Crippen molar-refractivity contribution < 1.29 is 5.11 Å². The van der Waals surface area contributed by atoms with E-state index in [1.165, 1.54) is 0 Å². The van der Waals surface area contributed by atoms with Crippen LogP contribution < -0.4 is 0 Å². The predicted molar refractivity (Wildman–Crippen MR) is 93.3 cm³/mol. The van der Waals surface area contributed by atoms with Gasteiger partial charge in [0.25, 0.3) is 0 Å². The third kappa shape index (κ3) is 2.53. The van der Waals surface area contributed by atoms with Crippen LogP contribution in [0.2, 0.25) is 0 Å². The number of nitrogens with zero attached hydrogens (tertiary/aromatic N) is 2. The van der Waals surface area contributed by atoms with E-state index in [0.717, 1.165) is 16.3 Å². The first-order valence-corrected chi connectivity index (χ1v) is 8.31. The summed E-state index contributed by atoms with van der Waals surface area (Å²) < 4.78 is 0. The molecule has 1 aliphatic heterocycles. The van der Waals surface area contributed by atoms with Crippen LogP contribution in [0, 0.1) is 0 Å². The van der Waals surface area contributed by atoms with Gasteiger partial charge >= 0.3 is 0 Å². The van der Waals surface area contributed by atoms with Gasteiger partial charge in [-0.25, -0.2) is 0 Å². The van der Waals surface area contributed by atoms with Crippen LogP contribution in [0.5, 0.6) is 0 Å². The third-order valence-corrected chi connectivity index (χ3v) is 5.48. The lowest BCUT2D eigenvalue weighted by molar-refractivity contribution is -0.0434. The Balaban J connectivity index is 2.11. The number of aliphatic imine (C=N–C) groups is 1. The van der Waals surface area contributed by atoms with Gasteiger partial charge in [-0.15, -0.1) is 0 Å². The summed E-state index contributed by atoms with van der Waals surface area (Å²) in [6.07, 6.45) is 0. The maximum Gasteiger partial charge on any atom is 0.161 e. The van der Waals surface area contributed by atoms with E-state index in [1.807, 2.05) is 48.3 Å². The molecule has 0 bridgehead atoms. The molecule has 22 heavy (non-hydrogen) atoms. The molecular formula is C18H20N2OS. The van der Waals surface area contributed by atoms with Crippen LogP contribution in [0.3, 0.4) is 0 Å². The summed E-state index contributed by atoms with van der Waals surface area (Å²) in [7, 11) is 3.69. The Bertz CT molecular complexity index is 620. The SMILES string of the molecule is C/N=C1/SCC(O)(C(c2ccccc2)c2ccccc2)N1C. The summed E-state index contributed by atoms with van der Waals surface area (Å²) >= 11 is 1.60. The number of hydrogen-bond donors (Lipinski definition) is 1. The Hall–Kier alpha value is -1.78. The smallest absolute Gasteiger partial charge is 0.161 e. The second kappa shape index (κ2) is 6.15. The number of hydrogen-bond acceptors (Lipinski definition) is 3. The molecule has 1 N–H and O–H groups in total. The van der Waals surface area contributed by atoms with Gasteiger partial charge in [-0.1, -0.05) is 72.4 Å². The molecule has 1 fully saturated rings. The minimum atomic E-state index is -0.984. The van der Waals surface area contributed by atoms with Gasteiger partial charge in [-0.2, -0.15) is 0 Å². The van der Waals surface area contributed by atoms with Crippen LogP contribution in [0.25, 0.3) is 0 Å². The van der Waals surface area contributed by atoms with Crippen LogP contribution in [0.15, 0.2) is 65.7 Å². The van der Waals surface area contributed by atoms with E-state index in [4.69, 9.17) is 0 Å². The van der Waals surface area contributed by atoms with E-state index >= 15 is 0 Å². The lowest BCUT2D eigenvalue weighted by Crippen LogP contribution is -2.50. The van der Waals surface area contributed by atoms with Crippen molar-refractivity contribution in [1.29, 1.82) is 0 Å². The van der Waals surface area contributed by atoms with Crippen LogP contribution in [0.4, 0.5) is 0 Å². The molecule has 0 aliphatic carbocycles. The van der Waals surface area contributed by atoms with Crippen molar-refractivity contribution in [3.8, 4) is 0 Å². The lowest BCUT2D eigenvalue weighted by atomic mass is 9.82. The van der Waals surface area contributed by atoms with E-state index < -0.39 is 5.72 Å². The summed E-state index contributed by atoms with van der Waals surface area (Å²) in [5.41, 5.74) is 1.24. The molecule has 1 atom stereocenters. The highest BCUT2D eigenvalue weighted by Crippen LogP contribution is 2.43. The molecule has 3 nitrogen and oxygen atoms in total. The van der Waals surface area contributed by atoms with Crippen molar-refractivity contribution in [2.24, 2.45) is 4.99 Å². The molecule has 4 heteroatoms. The van der Waals surface area contributed by atoms with Crippen molar-refractivity contribution >= 4 is 16.9 Å². The highest BCUT2D eigenvalue weighted by Gasteiger charge is 2.48. The van der Waals surface area contributed by atoms with Gasteiger partial charge in [-0.05, 0) is 11.1 Å². The molecule has 1 heterocycles. The van der Waals surface area contributed by atoms with Crippen LogP contribution >= 0.6 is 11.8 Å². The Morgan fingerprint density at radius 2 is 1.55 bits per heavy atom. The zero-order chi connectivity index (χ0) is 15.6. The number of thioether (sulfide) groups is 1. The Kier molecular flexibility index (Phi) is 4.23. The second-order valence-electron chi connectivity index (χ2n) is 5.49. The monoisotopic (exact) mass is 312 g/mol. The quantitative estimate of drug-likeness (QED) is 0.945. The van der Waals surface area contributed by atoms with E-state index in [0.29, 0.717) is 5.75 Å². The number of benzene rings is 2. The molecule has 2 aromatic carbocycles. The van der Waals surface area contributed by atoms with Crippen molar-refractivity contribution in [2.75, 3.05) is 19.8 Å². The summed E-state index contributed by atoms with van der Waals surface area (Å²) in [6.45, 7) is 0. The molecule has 3 rings (SSSR count). The summed E-state index contributed by atoms with van der Waals surface area (Å²) in [4.78, 5) is 6.18. The van der Waals surface area contributed by atoms with Gasteiger partial charge < -0.3 is 10.0 Å². The van der Waals surface area contributed by atoms with Crippen LogP contribution in [-0.4, -0.2) is 40.7 Å². The van der Waals surface area contributed by atoms with Crippen molar-refractivity contribution in [3.63, 3.8) is 0 Å². The Morgan fingerprint density at radius 3 is 1.95 bits per heavy atom. The molecule has 2 aromatic rings. The molecule has 1 unspecified atom stereocenters. The summed E-state index contributed by atoms with van der Waals surface area (Å²) in [6, 6.07) is 20.4. The highest BCUT2D eigenvalue weighted by atomic mass is 32.2. The maximum absolute atomic E-state index is 11.5. The largest absolute Gasteiger partial charge is 0.369 e. The van der Waals surface area contributed by atoms with Gasteiger partial charge in [0.1, 0.15) is 0 Å². The average molecular weight is 312 g/mol. The topological polar surface area (TPSA) is 35.8 Å². The number of amidine groups is 1. The summed E-state index contributed by atoms with van der Waals surface area (Å²) in [5, 5.41) is 12.3. The molecule has 0 saturated carbocycles. The maximum atomic E-state index is 11.5. The fourth-order valence-corrected chi connectivity index (χ4v) is 4.22. The normalized spacial score (nSPS) is 23.5. The van der Waals surface area contributed by atoms with E-state index in [9.17, 15) is 5.11 Å². The molecule has 0 radical (unpaired) electrons. The number of rotatable bonds is 3. The average Bonchev–Trinajstić information content (AvgIpc) is 2.85. The van der Waals surface area contributed by atoms with Crippen molar-refractivity contribution in [1.82, 2.24) is 4.90 Å². The molecule has 114 valence electrons. The first-order valence-electron chi connectivity index (χ1n) is 7.32. The molecule has 1 saturated heterocycles. The second-order valence-corrected chi connectivity index (χ2v) is 6.43. The number of aliphatic hydroxyl groups is 1. The molecule has 1 aliphatic rings. The van der Waals surface area contributed by atoms with Gasteiger partial charge in [0.15, 0.2) is 10.9 Å². The van der Waals surface area contributed by atoms with Crippen molar-refractivity contribution in [2.45, 2.75) is 11.6 Å². The van der Waals surface area contributed by atoms with Gasteiger partial charge in [-0.3, -0.25) is 4.99 Å². The summed E-state index contributed by atoms with van der Waals surface area (Å²) in [5.74, 6) is 0.483. The minimum absolute atomic E-state index is 0.119. The molecule has 0 amide bonds.